The first kappa shape index (κ1) is 11.5. The number of hydrogen-bond acceptors (Lipinski definition) is 4. The van der Waals surface area contributed by atoms with Crippen molar-refractivity contribution in [1.82, 2.24) is 5.32 Å². The quantitative estimate of drug-likeness (QED) is 0.846. The number of aliphatic imine (C=N–C) groups is 1. The number of nitrogens with zero attached hydrogens (tertiary/aromatic N) is 1. The summed E-state index contributed by atoms with van der Waals surface area (Å²) in [7, 11) is 0. The van der Waals surface area contributed by atoms with Crippen LogP contribution in [0.1, 0.15) is 12.0 Å². The van der Waals surface area contributed by atoms with Crippen molar-refractivity contribution in [1.29, 1.82) is 0 Å². The summed E-state index contributed by atoms with van der Waals surface area (Å²) in [6, 6.07) is 7.57. The monoisotopic (exact) mass is 246 g/mol. The fourth-order valence-corrected chi connectivity index (χ4v) is 2.58. The largest absolute Gasteiger partial charge is 0.508 e. The van der Waals surface area contributed by atoms with Crippen LogP contribution >= 0.6 is 0 Å². The van der Waals surface area contributed by atoms with E-state index in [2.05, 4.69) is 10.3 Å². The smallest absolute Gasteiger partial charge is 0.188 e. The lowest BCUT2D eigenvalue weighted by Gasteiger charge is -2.06. The average Bonchev–Trinajstić information content (AvgIpc) is 2.98. The minimum absolute atomic E-state index is 0.197. The van der Waals surface area contributed by atoms with E-state index in [1.165, 1.54) is 0 Å². The van der Waals surface area contributed by atoms with Crippen LogP contribution < -0.4 is 5.32 Å². The molecule has 1 aromatic rings. The number of aromatic hydroxyl groups is 1. The van der Waals surface area contributed by atoms with Gasteiger partial charge in [-0.15, -0.1) is 0 Å². The van der Waals surface area contributed by atoms with Gasteiger partial charge in [0.25, 0.3) is 0 Å². The first-order valence-electron chi connectivity index (χ1n) is 6.50. The number of ether oxygens (including phenoxy) is 1. The van der Waals surface area contributed by atoms with Crippen molar-refractivity contribution in [2.45, 2.75) is 18.9 Å². The molecule has 0 aliphatic carbocycles. The maximum atomic E-state index is 9.44. The van der Waals surface area contributed by atoms with Crippen molar-refractivity contribution in [3.05, 3.63) is 29.8 Å². The molecule has 18 heavy (non-hydrogen) atoms. The van der Waals surface area contributed by atoms with Crippen LogP contribution in [0, 0.1) is 5.92 Å². The molecule has 0 aromatic heterocycles. The van der Waals surface area contributed by atoms with E-state index >= 15 is 0 Å². The Kier molecular flexibility index (Phi) is 3.19. The Labute approximate surface area is 107 Å². The fraction of sp³-hybridized carbons (Fsp3) is 0.500. The van der Waals surface area contributed by atoms with Gasteiger partial charge in [0.2, 0.25) is 0 Å². The van der Waals surface area contributed by atoms with Crippen LogP contribution in [0.4, 0.5) is 0 Å². The van der Waals surface area contributed by atoms with Gasteiger partial charge in [0.1, 0.15) is 12.4 Å². The minimum atomic E-state index is 0.197. The number of hydrogen-bond donors (Lipinski definition) is 2. The second-order valence-corrected chi connectivity index (χ2v) is 5.00. The summed E-state index contributed by atoms with van der Waals surface area (Å²) in [4.78, 5) is 4.67. The lowest BCUT2D eigenvalue weighted by molar-refractivity contribution is 0.298. The molecule has 0 spiro atoms. The zero-order valence-electron chi connectivity index (χ0n) is 10.3. The fourth-order valence-electron chi connectivity index (χ4n) is 2.58. The van der Waals surface area contributed by atoms with E-state index in [-0.39, 0.29) is 6.04 Å². The third-order valence-corrected chi connectivity index (χ3v) is 3.52. The highest BCUT2D eigenvalue weighted by molar-refractivity contribution is 5.80. The predicted octanol–water partition coefficient (Wildman–Crippen LogP) is 1.34. The zero-order valence-corrected chi connectivity index (χ0v) is 10.3. The highest BCUT2D eigenvalue weighted by Crippen LogP contribution is 2.20. The molecule has 2 atom stereocenters. The van der Waals surface area contributed by atoms with E-state index < -0.39 is 0 Å². The van der Waals surface area contributed by atoms with Crippen LogP contribution in [0.2, 0.25) is 0 Å². The molecule has 4 nitrogen and oxygen atoms in total. The third-order valence-electron chi connectivity index (χ3n) is 3.52. The average molecular weight is 246 g/mol. The van der Waals surface area contributed by atoms with E-state index in [1.807, 2.05) is 12.1 Å². The van der Waals surface area contributed by atoms with Crippen molar-refractivity contribution in [2.24, 2.45) is 10.9 Å². The van der Waals surface area contributed by atoms with Gasteiger partial charge in [0.15, 0.2) is 5.90 Å². The zero-order chi connectivity index (χ0) is 12.4. The molecule has 2 unspecified atom stereocenters. The summed E-state index contributed by atoms with van der Waals surface area (Å²) in [5, 5.41) is 12.8. The molecule has 1 aromatic carbocycles. The lowest BCUT2D eigenvalue weighted by atomic mass is 10.1. The molecule has 0 bridgehead atoms. The van der Waals surface area contributed by atoms with Crippen LogP contribution in [-0.2, 0) is 11.2 Å². The summed E-state index contributed by atoms with van der Waals surface area (Å²) in [5.41, 5.74) is 1.11. The number of rotatable bonds is 3. The highest BCUT2D eigenvalue weighted by atomic mass is 16.5. The molecule has 2 aliphatic heterocycles. The van der Waals surface area contributed by atoms with Gasteiger partial charge in [0, 0.05) is 12.5 Å². The van der Waals surface area contributed by atoms with E-state index in [0.29, 0.717) is 18.3 Å². The van der Waals surface area contributed by atoms with Crippen LogP contribution in [0.3, 0.4) is 0 Å². The standard InChI is InChI=1S/C14H18N2O2/c17-13-3-1-2-10(7-13)6-12-9-18-14(16-12)11-4-5-15-8-11/h1-3,7,11-12,15,17H,4-6,8-9H2. The van der Waals surface area contributed by atoms with Gasteiger partial charge < -0.3 is 15.2 Å². The molecule has 2 aliphatic rings. The topological polar surface area (TPSA) is 53.9 Å². The number of benzene rings is 1. The first-order valence-corrected chi connectivity index (χ1v) is 6.50. The second-order valence-electron chi connectivity index (χ2n) is 5.00. The summed E-state index contributed by atoms with van der Waals surface area (Å²) >= 11 is 0. The minimum Gasteiger partial charge on any atom is -0.508 e. The Bertz CT molecular complexity index is 453. The van der Waals surface area contributed by atoms with Crippen molar-refractivity contribution >= 4 is 5.90 Å². The maximum absolute atomic E-state index is 9.44. The Morgan fingerprint density at radius 2 is 2.39 bits per heavy atom. The third kappa shape index (κ3) is 2.48. The molecule has 4 heteroatoms. The summed E-state index contributed by atoms with van der Waals surface area (Å²) in [5.74, 6) is 1.69. The highest BCUT2D eigenvalue weighted by Gasteiger charge is 2.28. The molecule has 1 saturated heterocycles. The molecule has 0 saturated carbocycles. The molecule has 1 fully saturated rings. The predicted molar refractivity (Wildman–Crippen MR) is 70.0 cm³/mol. The summed E-state index contributed by atoms with van der Waals surface area (Å²) in [6.07, 6.45) is 1.95. The van der Waals surface area contributed by atoms with Crippen molar-refractivity contribution in [3.63, 3.8) is 0 Å². The van der Waals surface area contributed by atoms with E-state index in [9.17, 15) is 5.11 Å². The Morgan fingerprint density at radius 3 is 3.17 bits per heavy atom. The van der Waals surface area contributed by atoms with Crippen LogP contribution in [-0.4, -0.2) is 36.7 Å². The van der Waals surface area contributed by atoms with Gasteiger partial charge >= 0.3 is 0 Å². The van der Waals surface area contributed by atoms with Crippen molar-refractivity contribution in [2.75, 3.05) is 19.7 Å². The van der Waals surface area contributed by atoms with E-state index in [4.69, 9.17) is 4.74 Å². The maximum Gasteiger partial charge on any atom is 0.188 e. The number of nitrogens with one attached hydrogen (secondary N) is 1. The Hall–Kier alpha value is -1.55. The van der Waals surface area contributed by atoms with Gasteiger partial charge in [-0.05, 0) is 37.1 Å². The van der Waals surface area contributed by atoms with E-state index in [0.717, 1.165) is 37.4 Å². The Balaban J connectivity index is 1.64. The normalized spacial score (nSPS) is 27.0. The lowest BCUT2D eigenvalue weighted by Crippen LogP contribution is -2.17. The second kappa shape index (κ2) is 4.98. The SMILES string of the molecule is Oc1cccc(CC2COC(C3CCNC3)=N2)c1. The van der Waals surface area contributed by atoms with Gasteiger partial charge in [-0.2, -0.15) is 0 Å². The molecule has 0 radical (unpaired) electrons. The van der Waals surface area contributed by atoms with Crippen molar-refractivity contribution < 1.29 is 9.84 Å². The molecule has 2 heterocycles. The molecule has 3 rings (SSSR count). The van der Waals surface area contributed by atoms with Crippen LogP contribution in [0.15, 0.2) is 29.3 Å². The summed E-state index contributed by atoms with van der Waals surface area (Å²) < 4.78 is 5.70. The van der Waals surface area contributed by atoms with Gasteiger partial charge in [-0.3, -0.25) is 0 Å². The van der Waals surface area contributed by atoms with Crippen molar-refractivity contribution in [3.8, 4) is 5.75 Å². The molecule has 96 valence electrons. The Morgan fingerprint density at radius 1 is 1.44 bits per heavy atom. The first-order chi connectivity index (χ1) is 8.81. The number of phenolic OH excluding ortho intramolecular Hbond substituents is 1. The van der Waals surface area contributed by atoms with Gasteiger partial charge in [0.05, 0.1) is 6.04 Å². The number of phenols is 1. The van der Waals surface area contributed by atoms with Gasteiger partial charge in [-0.1, -0.05) is 12.1 Å². The van der Waals surface area contributed by atoms with Crippen LogP contribution in [0.25, 0.3) is 0 Å². The molecular formula is C14H18N2O2. The molecule has 0 amide bonds. The van der Waals surface area contributed by atoms with Gasteiger partial charge in [-0.25, -0.2) is 4.99 Å². The van der Waals surface area contributed by atoms with Crippen LogP contribution in [0.5, 0.6) is 5.75 Å². The van der Waals surface area contributed by atoms with E-state index in [1.54, 1.807) is 12.1 Å². The molecule has 2 N–H and O–H groups in total. The summed E-state index contributed by atoms with van der Waals surface area (Å²) in [6.45, 7) is 2.71. The molecular weight excluding hydrogens is 228 g/mol.